The van der Waals surface area contributed by atoms with Crippen LogP contribution in [0.4, 0.5) is 5.69 Å². The topological polar surface area (TPSA) is 55.1 Å². The van der Waals surface area contributed by atoms with Crippen LogP contribution in [0.25, 0.3) is 0 Å². The van der Waals surface area contributed by atoms with E-state index in [1.165, 1.54) is 0 Å². The van der Waals surface area contributed by atoms with Crippen LogP contribution in [0.5, 0.6) is 0 Å². The van der Waals surface area contributed by atoms with Gasteiger partial charge < -0.3 is 11.1 Å². The van der Waals surface area contributed by atoms with Crippen molar-refractivity contribution < 1.29 is 4.79 Å². The van der Waals surface area contributed by atoms with Gasteiger partial charge in [-0.1, -0.05) is 13.0 Å². The lowest BCUT2D eigenvalue weighted by atomic mass is 9.86. The zero-order valence-electron chi connectivity index (χ0n) is 11.1. The Bertz CT molecular complexity index is 388. The molecule has 0 aliphatic heterocycles. The molecule has 0 aromatic heterocycles. The molecule has 3 heteroatoms. The molecule has 1 rings (SSSR count). The standard InChI is InChI=1S/C14H22N2O/c1-5-14(4,9-15)13(17)16-12-7-10(2)6-11(3)8-12/h6-8H,5,9,15H2,1-4H3,(H,16,17). The molecule has 17 heavy (non-hydrogen) atoms. The number of anilines is 1. The molecule has 0 radical (unpaired) electrons. The van der Waals surface area contributed by atoms with Gasteiger partial charge in [0, 0.05) is 12.2 Å². The lowest BCUT2D eigenvalue weighted by molar-refractivity contribution is -0.124. The maximum Gasteiger partial charge on any atom is 0.231 e. The third kappa shape index (κ3) is 3.30. The molecular weight excluding hydrogens is 212 g/mol. The molecule has 0 aliphatic carbocycles. The highest BCUT2D eigenvalue weighted by Gasteiger charge is 2.29. The van der Waals surface area contributed by atoms with Crippen LogP contribution in [-0.4, -0.2) is 12.5 Å². The first-order chi connectivity index (χ1) is 7.91. The van der Waals surface area contributed by atoms with Crippen LogP contribution >= 0.6 is 0 Å². The van der Waals surface area contributed by atoms with E-state index in [0.29, 0.717) is 6.54 Å². The molecule has 0 spiro atoms. The number of rotatable bonds is 4. The summed E-state index contributed by atoms with van der Waals surface area (Å²) in [5, 5.41) is 2.95. The highest BCUT2D eigenvalue weighted by atomic mass is 16.2. The van der Waals surface area contributed by atoms with Gasteiger partial charge in [0.15, 0.2) is 0 Å². The lowest BCUT2D eigenvalue weighted by Crippen LogP contribution is -2.39. The highest BCUT2D eigenvalue weighted by molar-refractivity contribution is 5.95. The molecule has 3 N–H and O–H groups in total. The van der Waals surface area contributed by atoms with Crippen LogP contribution in [0.1, 0.15) is 31.4 Å². The van der Waals surface area contributed by atoms with Crippen molar-refractivity contribution in [3.63, 3.8) is 0 Å². The van der Waals surface area contributed by atoms with Gasteiger partial charge in [-0.3, -0.25) is 4.79 Å². The second-order valence-electron chi connectivity index (χ2n) is 4.95. The monoisotopic (exact) mass is 234 g/mol. The van der Waals surface area contributed by atoms with E-state index in [4.69, 9.17) is 5.73 Å². The molecule has 0 fully saturated rings. The van der Waals surface area contributed by atoms with Crippen molar-refractivity contribution in [3.05, 3.63) is 29.3 Å². The van der Waals surface area contributed by atoms with Crippen LogP contribution in [0.3, 0.4) is 0 Å². The molecule has 94 valence electrons. The van der Waals surface area contributed by atoms with Crippen molar-refractivity contribution in [1.82, 2.24) is 0 Å². The zero-order valence-corrected chi connectivity index (χ0v) is 11.1. The van der Waals surface area contributed by atoms with E-state index < -0.39 is 5.41 Å². The Balaban J connectivity index is 2.87. The van der Waals surface area contributed by atoms with Crippen molar-refractivity contribution in [3.8, 4) is 0 Å². The molecule has 0 bridgehead atoms. The van der Waals surface area contributed by atoms with Crippen molar-refractivity contribution in [2.75, 3.05) is 11.9 Å². The van der Waals surface area contributed by atoms with Crippen molar-refractivity contribution >= 4 is 11.6 Å². The number of carbonyl (C=O) groups is 1. The van der Waals surface area contributed by atoms with Crippen molar-refractivity contribution in [2.24, 2.45) is 11.1 Å². The molecule has 1 unspecified atom stereocenters. The minimum absolute atomic E-state index is 0.00694. The number of nitrogens with one attached hydrogen (secondary N) is 1. The number of hydrogen-bond acceptors (Lipinski definition) is 2. The van der Waals surface area contributed by atoms with Gasteiger partial charge in [-0.2, -0.15) is 0 Å². The van der Waals surface area contributed by atoms with Crippen molar-refractivity contribution in [1.29, 1.82) is 0 Å². The first-order valence-corrected chi connectivity index (χ1v) is 6.01. The van der Waals surface area contributed by atoms with Crippen LogP contribution in [-0.2, 0) is 4.79 Å². The predicted octanol–water partition coefficient (Wildman–Crippen LogP) is 2.62. The fourth-order valence-corrected chi connectivity index (χ4v) is 1.73. The molecule has 3 nitrogen and oxygen atoms in total. The Morgan fingerprint density at radius 2 is 1.82 bits per heavy atom. The fraction of sp³-hybridized carbons (Fsp3) is 0.500. The van der Waals surface area contributed by atoms with E-state index in [2.05, 4.69) is 11.4 Å². The smallest absolute Gasteiger partial charge is 0.231 e. The summed E-state index contributed by atoms with van der Waals surface area (Å²) in [4.78, 5) is 12.1. The largest absolute Gasteiger partial charge is 0.329 e. The number of aryl methyl sites for hydroxylation is 2. The average molecular weight is 234 g/mol. The number of hydrogen-bond donors (Lipinski definition) is 2. The van der Waals surface area contributed by atoms with Gasteiger partial charge in [-0.15, -0.1) is 0 Å². The third-order valence-electron chi connectivity index (χ3n) is 3.26. The maximum absolute atomic E-state index is 12.1. The Hall–Kier alpha value is -1.35. The summed E-state index contributed by atoms with van der Waals surface area (Å²) in [5.74, 6) is -0.00694. The van der Waals surface area contributed by atoms with Gasteiger partial charge in [0.2, 0.25) is 5.91 Å². The van der Waals surface area contributed by atoms with Crippen LogP contribution in [0.2, 0.25) is 0 Å². The SMILES string of the molecule is CCC(C)(CN)C(=O)Nc1cc(C)cc(C)c1. The second-order valence-corrected chi connectivity index (χ2v) is 4.95. The van der Waals surface area contributed by atoms with E-state index in [9.17, 15) is 4.79 Å². The first-order valence-electron chi connectivity index (χ1n) is 6.01. The van der Waals surface area contributed by atoms with E-state index in [1.54, 1.807) is 0 Å². The van der Waals surface area contributed by atoms with Crippen LogP contribution < -0.4 is 11.1 Å². The molecular formula is C14H22N2O. The Morgan fingerprint density at radius 1 is 1.29 bits per heavy atom. The van der Waals surface area contributed by atoms with Crippen LogP contribution in [0, 0.1) is 19.3 Å². The van der Waals surface area contributed by atoms with Gasteiger partial charge in [0.05, 0.1) is 5.41 Å². The molecule has 1 amide bonds. The fourth-order valence-electron chi connectivity index (χ4n) is 1.73. The Kier molecular flexibility index (Phi) is 4.29. The molecule has 1 atom stereocenters. The molecule has 0 saturated heterocycles. The van der Waals surface area contributed by atoms with Gasteiger partial charge >= 0.3 is 0 Å². The zero-order chi connectivity index (χ0) is 13.1. The third-order valence-corrected chi connectivity index (χ3v) is 3.26. The summed E-state index contributed by atoms with van der Waals surface area (Å²) in [7, 11) is 0. The summed E-state index contributed by atoms with van der Waals surface area (Å²) in [6, 6.07) is 6.02. The molecule has 0 aliphatic rings. The summed E-state index contributed by atoms with van der Waals surface area (Å²) in [6.45, 7) is 8.27. The summed E-state index contributed by atoms with van der Waals surface area (Å²) < 4.78 is 0. The molecule has 1 aromatic carbocycles. The molecule has 0 heterocycles. The number of amides is 1. The average Bonchev–Trinajstić information content (AvgIpc) is 2.26. The number of benzene rings is 1. The van der Waals surface area contributed by atoms with Gasteiger partial charge in [-0.05, 0) is 50.5 Å². The summed E-state index contributed by atoms with van der Waals surface area (Å²) in [6.07, 6.45) is 0.736. The van der Waals surface area contributed by atoms with Gasteiger partial charge in [-0.25, -0.2) is 0 Å². The lowest BCUT2D eigenvalue weighted by Gasteiger charge is -2.25. The van der Waals surface area contributed by atoms with E-state index in [1.807, 2.05) is 39.8 Å². The second kappa shape index (κ2) is 5.32. The highest BCUT2D eigenvalue weighted by Crippen LogP contribution is 2.22. The number of carbonyl (C=O) groups excluding carboxylic acids is 1. The van der Waals surface area contributed by atoms with E-state index in [0.717, 1.165) is 23.2 Å². The van der Waals surface area contributed by atoms with Crippen LogP contribution in [0.15, 0.2) is 18.2 Å². The maximum atomic E-state index is 12.1. The molecule has 1 aromatic rings. The number of nitrogens with two attached hydrogens (primary N) is 1. The first kappa shape index (κ1) is 13.7. The van der Waals surface area contributed by atoms with Gasteiger partial charge in [0.1, 0.15) is 0 Å². The Labute approximate surface area is 103 Å². The Morgan fingerprint density at radius 3 is 2.24 bits per heavy atom. The van der Waals surface area contributed by atoms with Gasteiger partial charge in [0.25, 0.3) is 0 Å². The van der Waals surface area contributed by atoms with E-state index >= 15 is 0 Å². The predicted molar refractivity (Wildman–Crippen MR) is 72.0 cm³/mol. The molecule has 0 saturated carbocycles. The normalized spacial score (nSPS) is 14.2. The van der Waals surface area contributed by atoms with E-state index in [-0.39, 0.29) is 5.91 Å². The van der Waals surface area contributed by atoms with Crippen molar-refractivity contribution in [2.45, 2.75) is 34.1 Å². The minimum Gasteiger partial charge on any atom is -0.329 e. The minimum atomic E-state index is -0.488. The quantitative estimate of drug-likeness (QED) is 0.841. The summed E-state index contributed by atoms with van der Waals surface area (Å²) >= 11 is 0. The summed E-state index contributed by atoms with van der Waals surface area (Å²) in [5.41, 5.74) is 8.32.